The quantitative estimate of drug-likeness (QED) is 0.497. The molecule has 7 nitrogen and oxygen atoms in total. The SMILES string of the molecule is Nn1cnnc1-c1ncn[nH]1. The maximum Gasteiger partial charge on any atom is 0.219 e. The molecule has 0 aromatic carbocycles. The van der Waals surface area contributed by atoms with Crippen LogP contribution in [0, 0.1) is 0 Å². The number of rotatable bonds is 1. The fraction of sp³-hybridized carbons (Fsp3) is 0. The fourth-order valence-corrected chi connectivity index (χ4v) is 0.725. The van der Waals surface area contributed by atoms with Crippen molar-refractivity contribution in [3.05, 3.63) is 12.7 Å². The zero-order chi connectivity index (χ0) is 7.68. The van der Waals surface area contributed by atoms with Crippen molar-refractivity contribution in [1.29, 1.82) is 0 Å². The standard InChI is InChI=1S/C4H5N7/c5-11-2-8-10-4(11)3-6-1-7-9-3/h1-2H,5H2,(H,6,7,9). The van der Waals surface area contributed by atoms with Gasteiger partial charge in [-0.25, -0.2) is 9.66 Å². The summed E-state index contributed by atoms with van der Waals surface area (Å²) in [4.78, 5) is 3.85. The van der Waals surface area contributed by atoms with Crippen LogP contribution in [0.4, 0.5) is 0 Å². The zero-order valence-electron chi connectivity index (χ0n) is 5.47. The second-order valence-corrected chi connectivity index (χ2v) is 1.90. The lowest BCUT2D eigenvalue weighted by molar-refractivity contribution is 0.979. The molecule has 11 heavy (non-hydrogen) atoms. The largest absolute Gasteiger partial charge is 0.336 e. The molecule has 0 amide bonds. The van der Waals surface area contributed by atoms with E-state index < -0.39 is 0 Å². The van der Waals surface area contributed by atoms with Gasteiger partial charge >= 0.3 is 0 Å². The smallest absolute Gasteiger partial charge is 0.219 e. The minimum atomic E-state index is 0.461. The van der Waals surface area contributed by atoms with Gasteiger partial charge in [-0.15, -0.1) is 10.2 Å². The van der Waals surface area contributed by atoms with E-state index in [1.54, 1.807) is 0 Å². The molecular formula is C4H5N7. The molecule has 0 unspecified atom stereocenters. The summed E-state index contributed by atoms with van der Waals surface area (Å²) in [5, 5.41) is 13.6. The third kappa shape index (κ3) is 0.820. The van der Waals surface area contributed by atoms with Gasteiger partial charge in [0.25, 0.3) is 0 Å². The summed E-state index contributed by atoms with van der Waals surface area (Å²) in [5.74, 6) is 6.40. The lowest BCUT2D eigenvalue weighted by Gasteiger charge is -1.91. The summed E-state index contributed by atoms with van der Waals surface area (Å²) < 4.78 is 1.26. The Kier molecular flexibility index (Phi) is 1.08. The van der Waals surface area contributed by atoms with Crippen molar-refractivity contribution < 1.29 is 0 Å². The summed E-state index contributed by atoms with van der Waals surface area (Å²) >= 11 is 0. The molecule has 0 radical (unpaired) electrons. The predicted octanol–water partition coefficient (Wildman–Crippen LogP) is -1.22. The Morgan fingerprint density at radius 3 is 3.00 bits per heavy atom. The molecule has 0 spiro atoms. The van der Waals surface area contributed by atoms with Crippen LogP contribution in [0.3, 0.4) is 0 Å². The van der Waals surface area contributed by atoms with Gasteiger partial charge in [-0.05, 0) is 0 Å². The van der Waals surface area contributed by atoms with Gasteiger partial charge in [0.2, 0.25) is 5.82 Å². The highest BCUT2D eigenvalue weighted by Gasteiger charge is 2.06. The first-order valence-corrected chi connectivity index (χ1v) is 2.89. The van der Waals surface area contributed by atoms with Crippen LogP contribution in [0.1, 0.15) is 0 Å². The Hall–Kier alpha value is -1.92. The summed E-state index contributed by atoms with van der Waals surface area (Å²) in [7, 11) is 0. The molecule has 2 aromatic rings. The number of hydrogen-bond acceptors (Lipinski definition) is 5. The molecule has 56 valence electrons. The maximum absolute atomic E-state index is 5.44. The second-order valence-electron chi connectivity index (χ2n) is 1.90. The van der Waals surface area contributed by atoms with Crippen LogP contribution in [0.5, 0.6) is 0 Å². The average molecular weight is 151 g/mol. The molecule has 0 aliphatic carbocycles. The highest BCUT2D eigenvalue weighted by atomic mass is 15.4. The summed E-state index contributed by atoms with van der Waals surface area (Å²) in [6.45, 7) is 0. The third-order valence-electron chi connectivity index (χ3n) is 1.20. The first-order valence-electron chi connectivity index (χ1n) is 2.89. The Bertz CT molecular complexity index is 333. The van der Waals surface area contributed by atoms with Gasteiger partial charge in [-0.2, -0.15) is 5.10 Å². The number of nitrogens with two attached hydrogens (primary N) is 1. The van der Waals surface area contributed by atoms with Crippen LogP contribution < -0.4 is 5.84 Å². The average Bonchev–Trinajstić information content (AvgIpc) is 2.55. The number of nitrogens with zero attached hydrogens (tertiary/aromatic N) is 5. The van der Waals surface area contributed by atoms with Gasteiger partial charge in [-0.3, -0.25) is 5.10 Å². The number of nitrogens with one attached hydrogen (secondary N) is 1. The zero-order valence-corrected chi connectivity index (χ0v) is 5.47. The van der Waals surface area contributed by atoms with Gasteiger partial charge in [0.15, 0.2) is 5.82 Å². The molecule has 0 saturated heterocycles. The highest BCUT2D eigenvalue weighted by molar-refractivity contribution is 5.40. The van der Waals surface area contributed by atoms with Crippen LogP contribution in [-0.4, -0.2) is 30.1 Å². The van der Waals surface area contributed by atoms with Crippen LogP contribution in [0.15, 0.2) is 12.7 Å². The number of hydrogen-bond donors (Lipinski definition) is 2. The van der Waals surface area contributed by atoms with E-state index in [0.29, 0.717) is 11.6 Å². The van der Waals surface area contributed by atoms with Gasteiger partial charge in [0.1, 0.15) is 12.7 Å². The first kappa shape index (κ1) is 5.83. The van der Waals surface area contributed by atoms with Crippen LogP contribution >= 0.6 is 0 Å². The Morgan fingerprint density at radius 2 is 2.45 bits per heavy atom. The van der Waals surface area contributed by atoms with Gasteiger partial charge < -0.3 is 5.84 Å². The second kappa shape index (κ2) is 2.04. The molecule has 0 aliphatic heterocycles. The number of H-pyrrole nitrogens is 1. The van der Waals surface area contributed by atoms with Gasteiger partial charge in [0, 0.05) is 0 Å². The lowest BCUT2D eigenvalue weighted by Crippen LogP contribution is -2.08. The minimum Gasteiger partial charge on any atom is -0.336 e. The van der Waals surface area contributed by atoms with Crippen LogP contribution in [0.25, 0.3) is 11.6 Å². The molecular weight excluding hydrogens is 146 g/mol. The maximum atomic E-state index is 5.44. The number of aromatic amines is 1. The van der Waals surface area contributed by atoms with Crippen LogP contribution in [0.2, 0.25) is 0 Å². The van der Waals surface area contributed by atoms with Crippen molar-refractivity contribution in [3.8, 4) is 11.6 Å². The molecule has 0 atom stereocenters. The van der Waals surface area contributed by atoms with E-state index in [-0.39, 0.29) is 0 Å². The summed E-state index contributed by atoms with van der Waals surface area (Å²) in [5.41, 5.74) is 0. The Balaban J connectivity index is 2.53. The Morgan fingerprint density at radius 1 is 1.55 bits per heavy atom. The molecule has 0 fully saturated rings. The molecule has 3 N–H and O–H groups in total. The Labute approximate surface area is 61.2 Å². The van der Waals surface area contributed by atoms with E-state index in [1.165, 1.54) is 17.3 Å². The normalized spacial score (nSPS) is 10.2. The van der Waals surface area contributed by atoms with E-state index >= 15 is 0 Å². The third-order valence-corrected chi connectivity index (χ3v) is 1.20. The van der Waals surface area contributed by atoms with E-state index in [4.69, 9.17) is 5.84 Å². The van der Waals surface area contributed by atoms with Crippen molar-refractivity contribution in [2.24, 2.45) is 0 Å². The molecule has 0 aliphatic rings. The van der Waals surface area contributed by atoms with E-state index in [9.17, 15) is 0 Å². The van der Waals surface area contributed by atoms with Crippen molar-refractivity contribution in [2.45, 2.75) is 0 Å². The first-order chi connectivity index (χ1) is 5.38. The van der Waals surface area contributed by atoms with E-state index in [1.807, 2.05) is 0 Å². The number of nitrogen functional groups attached to an aromatic ring is 1. The topological polar surface area (TPSA) is 98.3 Å². The molecule has 7 heteroatoms. The summed E-state index contributed by atoms with van der Waals surface area (Å²) in [6.07, 6.45) is 2.77. The molecule has 0 saturated carbocycles. The van der Waals surface area contributed by atoms with Crippen molar-refractivity contribution >= 4 is 0 Å². The van der Waals surface area contributed by atoms with Gasteiger partial charge in [0.05, 0.1) is 0 Å². The molecule has 2 rings (SSSR count). The predicted molar refractivity (Wildman–Crippen MR) is 35.5 cm³/mol. The molecule has 2 heterocycles. The highest BCUT2D eigenvalue weighted by Crippen LogP contribution is 2.04. The lowest BCUT2D eigenvalue weighted by atomic mass is 10.6. The van der Waals surface area contributed by atoms with Gasteiger partial charge in [-0.1, -0.05) is 0 Å². The van der Waals surface area contributed by atoms with Crippen molar-refractivity contribution in [2.75, 3.05) is 5.84 Å². The number of aromatic nitrogens is 6. The molecule has 2 aromatic heterocycles. The van der Waals surface area contributed by atoms with E-state index in [2.05, 4.69) is 25.4 Å². The van der Waals surface area contributed by atoms with Crippen LogP contribution in [-0.2, 0) is 0 Å². The fourth-order valence-electron chi connectivity index (χ4n) is 0.725. The van der Waals surface area contributed by atoms with E-state index in [0.717, 1.165) is 0 Å². The van der Waals surface area contributed by atoms with Crippen molar-refractivity contribution in [3.63, 3.8) is 0 Å². The summed E-state index contributed by atoms with van der Waals surface area (Å²) in [6, 6.07) is 0. The monoisotopic (exact) mass is 151 g/mol. The molecule has 0 bridgehead atoms. The minimum absolute atomic E-state index is 0.461. The van der Waals surface area contributed by atoms with Crippen molar-refractivity contribution in [1.82, 2.24) is 30.1 Å².